The molecule has 0 saturated heterocycles. The van der Waals surface area contributed by atoms with Gasteiger partial charge in [-0.05, 0) is 0 Å². The second-order valence-corrected chi connectivity index (χ2v) is 13.6. The van der Waals surface area contributed by atoms with Gasteiger partial charge in [0.25, 0.3) is 0 Å². The number of benzene rings is 4. The molecular weight excluding hydrogens is 912 g/mol. The summed E-state index contributed by atoms with van der Waals surface area (Å²) in [5.74, 6) is -19.5. The van der Waals surface area contributed by atoms with Crippen molar-refractivity contribution in [1.29, 1.82) is 0 Å². The molecule has 324 valence electrons. The fourth-order valence-corrected chi connectivity index (χ4v) is 7.92. The van der Waals surface area contributed by atoms with Crippen LogP contribution in [-0.4, -0.2) is 128 Å². The van der Waals surface area contributed by atoms with E-state index >= 15 is 0 Å². The van der Waals surface area contributed by atoms with E-state index in [0.29, 0.717) is 10.9 Å². The molecule has 0 amide bonds. The molecule has 9 rings (SSSR count). The van der Waals surface area contributed by atoms with Gasteiger partial charge >= 0.3 is 64.8 Å². The molecule has 0 saturated carbocycles. The average molecular weight is 930 g/mol. The molecule has 0 spiro atoms. The van der Waals surface area contributed by atoms with Gasteiger partial charge in [0.1, 0.15) is 22.6 Å². The zero-order chi connectivity index (χ0) is 45.8. The molecule has 2 aliphatic rings. The van der Waals surface area contributed by atoms with Crippen molar-refractivity contribution in [2.24, 2.45) is 0 Å². The van der Waals surface area contributed by atoms with Gasteiger partial charge in [-0.15, -0.1) is 0 Å². The van der Waals surface area contributed by atoms with E-state index in [9.17, 15) is 79.2 Å². The van der Waals surface area contributed by atoms with Crippen molar-refractivity contribution in [2.75, 3.05) is 0 Å². The Hall–Kier alpha value is -9.48. The fraction of sp³-hybridized carbons (Fsp3) is 0. The Labute approximate surface area is 365 Å². The summed E-state index contributed by atoms with van der Waals surface area (Å²) in [7, 11) is 0. The molecule has 65 heavy (non-hydrogen) atoms. The molecule has 0 atom stereocenters. The number of hydrogen-bond donors (Lipinski definition) is 10. The van der Waals surface area contributed by atoms with Crippen molar-refractivity contribution in [3.8, 4) is 45.6 Å². The predicted molar refractivity (Wildman–Crippen MR) is 212 cm³/mol. The Morgan fingerprint density at radius 3 is 0.985 bits per heavy atom. The van der Waals surface area contributed by atoms with Crippen LogP contribution in [0.3, 0.4) is 0 Å². The first-order chi connectivity index (χ1) is 30.4. The van der Waals surface area contributed by atoms with E-state index in [-0.39, 0.29) is 51.0 Å². The van der Waals surface area contributed by atoms with E-state index in [1.54, 1.807) is 42.5 Å². The third-order valence-electron chi connectivity index (χ3n) is 10.2. The minimum atomic E-state index is -2.24. The molecule has 0 aliphatic carbocycles. The van der Waals surface area contributed by atoms with Crippen LogP contribution >= 0.6 is 0 Å². The van der Waals surface area contributed by atoms with Crippen LogP contribution in [0.25, 0.3) is 89.7 Å². The number of carboxylic acids is 8. The first-order valence-corrected chi connectivity index (χ1v) is 17.8. The SMILES string of the molecule is O=C(O)c1c(C(=O)O)c(C(=O)O)c2c(c1C(=O)O)-c1nc-2nc2[nH]c(nc3nc(nc4[nH]c(n1)c1ccccc41)-c1ccccc1-3)c1c(C(=O)O)c(C(=O)O)c(C(=O)O)c(C(=O)O)c21.[Cu+]. The standard InChI is InChI=1S/C40H18N8O16.Cu/c49-33(50)17-13-15(19(35(53)54)23(39(61)62)21(17)37(57)58)31-46-29(13)44-27-11-7-3-1-5-9(11)25(42-27)41-26-10-6-2-4-8-12(10)28(43-26)45-30-14-16(32(47-30)48-31)20(36(55)56)24(40(63)64)22(38(59)60)18(14)34(51)52;/h1-8H,(H,49,50)(H,51,52)(H,53,54)(H,55,56)(H,57,58)(H,59,60)(H,61,62)(H,63,64)(H2,41,42,43,44,45,46,47,48);/q;+1. The number of hydrogen-bond acceptors (Lipinski definition) is 14. The zero-order valence-corrected chi connectivity index (χ0v) is 32.4. The summed E-state index contributed by atoms with van der Waals surface area (Å²) in [5, 5.41) is 82.1. The normalized spacial score (nSPS) is 11.3. The van der Waals surface area contributed by atoms with Crippen LogP contribution in [0.5, 0.6) is 0 Å². The quantitative estimate of drug-likeness (QED) is 0.0940. The van der Waals surface area contributed by atoms with Gasteiger partial charge in [0.2, 0.25) is 0 Å². The van der Waals surface area contributed by atoms with Crippen molar-refractivity contribution >= 4 is 91.9 Å². The third kappa shape index (κ3) is 6.14. The molecular formula is C40H18CuN8O16+. The van der Waals surface area contributed by atoms with Crippen LogP contribution < -0.4 is 0 Å². The maximum absolute atomic E-state index is 13.1. The average Bonchev–Trinajstić information content (AvgIpc) is 3.97. The van der Waals surface area contributed by atoms with Gasteiger partial charge in [0.15, 0.2) is 23.3 Å². The van der Waals surface area contributed by atoms with Crippen LogP contribution in [0.4, 0.5) is 0 Å². The number of aromatic nitrogens is 8. The van der Waals surface area contributed by atoms with Gasteiger partial charge in [0, 0.05) is 43.8 Å². The second-order valence-electron chi connectivity index (χ2n) is 13.6. The summed E-state index contributed by atoms with van der Waals surface area (Å²) in [6.07, 6.45) is 0. The molecule has 24 nitrogen and oxygen atoms in total. The summed E-state index contributed by atoms with van der Waals surface area (Å²) in [6, 6.07) is 12.7. The number of carboxylic acid groups (broad SMARTS) is 8. The number of nitrogens with zero attached hydrogens (tertiary/aromatic N) is 6. The largest absolute Gasteiger partial charge is 1.00 e. The monoisotopic (exact) mass is 929 g/mol. The van der Waals surface area contributed by atoms with Crippen molar-refractivity contribution in [1.82, 2.24) is 39.9 Å². The Morgan fingerprint density at radius 1 is 0.338 bits per heavy atom. The summed E-state index contributed by atoms with van der Waals surface area (Å²) in [6.45, 7) is 0. The van der Waals surface area contributed by atoms with Crippen molar-refractivity contribution in [2.45, 2.75) is 0 Å². The van der Waals surface area contributed by atoms with Crippen LogP contribution in [0.15, 0.2) is 48.5 Å². The maximum Gasteiger partial charge on any atom is 1.00 e. The van der Waals surface area contributed by atoms with Crippen LogP contribution in [-0.2, 0) is 17.1 Å². The first-order valence-electron chi connectivity index (χ1n) is 17.8. The Bertz CT molecular complexity index is 3670. The minimum absolute atomic E-state index is 0. The number of carbonyl (C=O) groups is 8. The second kappa shape index (κ2) is 14.9. The number of fused-ring (bicyclic) bond motifs is 20. The molecule has 3 aromatic heterocycles. The molecule has 2 aliphatic heterocycles. The molecule has 0 unspecified atom stereocenters. The molecule has 10 N–H and O–H groups in total. The number of rotatable bonds is 8. The Balaban J connectivity index is 0.00000576. The van der Waals surface area contributed by atoms with E-state index in [2.05, 4.69) is 39.9 Å². The van der Waals surface area contributed by atoms with Crippen LogP contribution in [0.1, 0.15) is 82.9 Å². The van der Waals surface area contributed by atoms with Gasteiger partial charge in [-0.3, -0.25) is 0 Å². The van der Waals surface area contributed by atoms with E-state index in [0.717, 1.165) is 0 Å². The van der Waals surface area contributed by atoms with Gasteiger partial charge in [-0.25, -0.2) is 68.3 Å². The minimum Gasteiger partial charge on any atom is -0.478 e. The smallest absolute Gasteiger partial charge is 0.478 e. The van der Waals surface area contributed by atoms with Gasteiger partial charge in [-0.1, -0.05) is 48.5 Å². The summed E-state index contributed by atoms with van der Waals surface area (Å²) in [4.78, 5) is 136. The fourth-order valence-electron chi connectivity index (χ4n) is 7.92. The number of nitrogens with one attached hydrogen (secondary N) is 2. The molecule has 0 fully saturated rings. The summed E-state index contributed by atoms with van der Waals surface area (Å²) >= 11 is 0. The van der Waals surface area contributed by atoms with E-state index < -0.39 is 137 Å². The third-order valence-corrected chi connectivity index (χ3v) is 10.2. The molecule has 8 bridgehead atoms. The molecule has 25 heteroatoms. The van der Waals surface area contributed by atoms with E-state index in [1.165, 1.54) is 6.07 Å². The van der Waals surface area contributed by atoms with E-state index in [1.807, 2.05) is 0 Å². The summed E-state index contributed by atoms with van der Waals surface area (Å²) < 4.78 is 0. The molecule has 0 radical (unpaired) electrons. The zero-order valence-electron chi connectivity index (χ0n) is 31.4. The number of H-pyrrole nitrogens is 2. The van der Waals surface area contributed by atoms with Crippen molar-refractivity contribution < 1.29 is 96.3 Å². The number of aromatic carboxylic acids is 8. The Morgan fingerprint density at radius 2 is 0.615 bits per heavy atom. The molecule has 7 aromatic rings. The van der Waals surface area contributed by atoms with Gasteiger partial charge in [0.05, 0.1) is 44.5 Å². The maximum atomic E-state index is 13.1. The van der Waals surface area contributed by atoms with Crippen LogP contribution in [0, 0.1) is 0 Å². The van der Waals surface area contributed by atoms with Gasteiger partial charge < -0.3 is 50.8 Å². The number of aromatic amines is 2. The van der Waals surface area contributed by atoms with Crippen molar-refractivity contribution in [3.63, 3.8) is 0 Å². The first kappa shape index (κ1) is 42.2. The predicted octanol–water partition coefficient (Wildman–Crippen LogP) is 4.45. The molecule has 4 aromatic carbocycles. The Kier molecular flexibility index (Phi) is 9.65. The topological polar surface area (TPSA) is 407 Å². The van der Waals surface area contributed by atoms with E-state index in [4.69, 9.17) is 0 Å². The summed E-state index contributed by atoms with van der Waals surface area (Å²) in [5.41, 5.74) is -14.6. The van der Waals surface area contributed by atoms with Gasteiger partial charge in [-0.2, -0.15) is 0 Å². The van der Waals surface area contributed by atoms with Crippen LogP contribution in [0.2, 0.25) is 0 Å². The molecule has 5 heterocycles. The van der Waals surface area contributed by atoms with Crippen molar-refractivity contribution in [3.05, 3.63) is 93.0 Å².